The van der Waals surface area contributed by atoms with Crippen LogP contribution in [0.15, 0.2) is 35.7 Å². The normalized spacial score (nSPS) is 21.3. The van der Waals surface area contributed by atoms with Gasteiger partial charge in [-0.1, -0.05) is 25.8 Å². The van der Waals surface area contributed by atoms with E-state index in [2.05, 4.69) is 12.2 Å². The van der Waals surface area contributed by atoms with Gasteiger partial charge in [-0.15, -0.1) is 11.3 Å². The van der Waals surface area contributed by atoms with Crippen LogP contribution >= 0.6 is 11.3 Å². The van der Waals surface area contributed by atoms with Gasteiger partial charge < -0.3 is 10.1 Å². The first-order chi connectivity index (χ1) is 14.0. The van der Waals surface area contributed by atoms with E-state index >= 15 is 0 Å². The molecule has 2 amide bonds. The maximum atomic E-state index is 12.7. The van der Waals surface area contributed by atoms with Crippen LogP contribution in [0.3, 0.4) is 0 Å². The number of amides is 2. The predicted octanol–water partition coefficient (Wildman–Crippen LogP) is 3.40. The molecule has 1 aliphatic carbocycles. The number of benzene rings is 1. The van der Waals surface area contributed by atoms with Gasteiger partial charge in [0.2, 0.25) is 11.7 Å². The third kappa shape index (κ3) is 4.19. The summed E-state index contributed by atoms with van der Waals surface area (Å²) in [6.07, 6.45) is 4.39. The van der Waals surface area contributed by atoms with E-state index in [4.69, 9.17) is 4.74 Å². The average molecular weight is 413 g/mol. The number of rotatable bonds is 5. The number of fused-ring (bicyclic) bond motifs is 1. The highest BCUT2D eigenvalue weighted by molar-refractivity contribution is 7.12. The van der Waals surface area contributed by atoms with Gasteiger partial charge in [0, 0.05) is 11.6 Å². The first-order valence-corrected chi connectivity index (χ1v) is 10.9. The van der Waals surface area contributed by atoms with Crippen molar-refractivity contribution in [3.8, 4) is 5.75 Å². The molecule has 0 bridgehead atoms. The largest absolute Gasteiger partial charge is 0.482 e. The van der Waals surface area contributed by atoms with Crippen molar-refractivity contribution < 1.29 is 19.1 Å². The minimum Gasteiger partial charge on any atom is -0.482 e. The van der Waals surface area contributed by atoms with E-state index in [9.17, 15) is 14.4 Å². The molecule has 0 radical (unpaired) electrons. The molecule has 0 spiro atoms. The molecule has 2 aliphatic rings. The number of carbonyl (C=O) groups excluding carboxylic acids is 3. The molecule has 6 nitrogen and oxygen atoms in total. The van der Waals surface area contributed by atoms with Crippen molar-refractivity contribution in [1.29, 1.82) is 0 Å². The Morgan fingerprint density at radius 3 is 2.83 bits per heavy atom. The Morgan fingerprint density at radius 1 is 1.24 bits per heavy atom. The van der Waals surface area contributed by atoms with Crippen LogP contribution in [-0.2, 0) is 9.59 Å². The lowest BCUT2D eigenvalue weighted by Gasteiger charge is -2.32. The molecule has 1 aliphatic heterocycles. The van der Waals surface area contributed by atoms with Gasteiger partial charge in [-0.3, -0.25) is 19.3 Å². The van der Waals surface area contributed by atoms with Crippen LogP contribution in [0, 0.1) is 5.92 Å². The molecule has 2 aromatic rings. The van der Waals surface area contributed by atoms with Gasteiger partial charge >= 0.3 is 0 Å². The quantitative estimate of drug-likeness (QED) is 0.764. The highest BCUT2D eigenvalue weighted by Gasteiger charge is 2.30. The summed E-state index contributed by atoms with van der Waals surface area (Å²) < 4.78 is 5.51. The van der Waals surface area contributed by atoms with Crippen LogP contribution in [0.1, 0.15) is 47.8 Å². The van der Waals surface area contributed by atoms with E-state index < -0.39 is 0 Å². The van der Waals surface area contributed by atoms with Crippen LogP contribution in [-0.4, -0.2) is 36.8 Å². The maximum absolute atomic E-state index is 12.7. The summed E-state index contributed by atoms with van der Waals surface area (Å²) in [6.45, 7) is 1.97. The molecule has 1 N–H and O–H groups in total. The van der Waals surface area contributed by atoms with E-state index in [0.717, 1.165) is 19.3 Å². The monoisotopic (exact) mass is 412 g/mol. The van der Waals surface area contributed by atoms with Gasteiger partial charge in [0.05, 0.1) is 10.6 Å². The number of hydrogen-bond acceptors (Lipinski definition) is 5. The molecule has 0 unspecified atom stereocenters. The molecular formula is C22H24N2O4S. The molecule has 1 saturated carbocycles. The van der Waals surface area contributed by atoms with Crippen molar-refractivity contribution in [2.75, 3.05) is 18.1 Å². The smallest absolute Gasteiger partial charge is 0.265 e. The van der Waals surface area contributed by atoms with E-state index in [1.807, 2.05) is 11.4 Å². The van der Waals surface area contributed by atoms with Gasteiger partial charge in [0.15, 0.2) is 6.61 Å². The van der Waals surface area contributed by atoms with Crippen LogP contribution in [0.4, 0.5) is 5.69 Å². The number of nitrogens with one attached hydrogen (secondary N) is 1. The van der Waals surface area contributed by atoms with Gasteiger partial charge in [0.25, 0.3) is 5.91 Å². The van der Waals surface area contributed by atoms with E-state index in [-0.39, 0.29) is 36.8 Å². The van der Waals surface area contributed by atoms with Gasteiger partial charge in [-0.2, -0.15) is 0 Å². The third-order valence-electron chi connectivity index (χ3n) is 5.67. The van der Waals surface area contributed by atoms with Crippen molar-refractivity contribution >= 4 is 34.6 Å². The Morgan fingerprint density at radius 2 is 2.07 bits per heavy atom. The molecule has 29 heavy (non-hydrogen) atoms. The highest BCUT2D eigenvalue weighted by Crippen LogP contribution is 2.34. The van der Waals surface area contributed by atoms with E-state index in [0.29, 0.717) is 27.8 Å². The molecular weight excluding hydrogens is 388 g/mol. The van der Waals surface area contributed by atoms with Crippen molar-refractivity contribution in [2.45, 2.75) is 38.6 Å². The summed E-state index contributed by atoms with van der Waals surface area (Å²) in [7, 11) is 0. The van der Waals surface area contributed by atoms with E-state index in [1.165, 1.54) is 22.7 Å². The molecule has 152 valence electrons. The van der Waals surface area contributed by atoms with Crippen molar-refractivity contribution in [1.82, 2.24) is 5.32 Å². The summed E-state index contributed by atoms with van der Waals surface area (Å²) in [5.41, 5.74) is 0.936. The summed E-state index contributed by atoms with van der Waals surface area (Å²) in [4.78, 5) is 39.9. The average Bonchev–Trinajstić information content (AvgIpc) is 3.26. The second kappa shape index (κ2) is 8.37. The molecule has 4 rings (SSSR count). The Balaban J connectivity index is 1.53. The summed E-state index contributed by atoms with van der Waals surface area (Å²) in [6, 6.07) is 8.77. The van der Waals surface area contributed by atoms with Crippen LogP contribution in [0.25, 0.3) is 0 Å². The van der Waals surface area contributed by atoms with Gasteiger partial charge in [-0.05, 0) is 48.4 Å². The van der Waals surface area contributed by atoms with Gasteiger partial charge in [-0.25, -0.2) is 0 Å². The van der Waals surface area contributed by atoms with Crippen LogP contribution in [0.2, 0.25) is 0 Å². The number of anilines is 1. The topological polar surface area (TPSA) is 75.7 Å². The lowest BCUT2D eigenvalue weighted by Crippen LogP contribution is -2.49. The molecule has 1 fully saturated rings. The molecule has 2 heterocycles. The summed E-state index contributed by atoms with van der Waals surface area (Å²) in [5, 5.41) is 4.94. The first kappa shape index (κ1) is 19.6. The maximum Gasteiger partial charge on any atom is 0.265 e. The van der Waals surface area contributed by atoms with Crippen molar-refractivity contribution in [2.24, 2.45) is 5.92 Å². The number of thiophene rings is 1. The van der Waals surface area contributed by atoms with Crippen molar-refractivity contribution in [3.63, 3.8) is 0 Å². The standard InChI is InChI=1S/C22H24N2O4S/c1-14-5-2-3-6-16(14)23-20(25)12-24-17-11-15(22(27)19-7-4-10-29-19)8-9-18(17)28-13-21(24)26/h4,7-11,14,16H,2-3,5-6,12-13H2,1H3,(H,23,25)/t14-,16+/m1/s1. The van der Waals surface area contributed by atoms with Crippen molar-refractivity contribution in [3.05, 3.63) is 46.2 Å². The zero-order valence-corrected chi connectivity index (χ0v) is 17.2. The van der Waals surface area contributed by atoms with Crippen LogP contribution in [0.5, 0.6) is 5.75 Å². The van der Waals surface area contributed by atoms with Gasteiger partial charge in [0.1, 0.15) is 12.3 Å². The second-order valence-electron chi connectivity index (χ2n) is 7.69. The Labute approximate surface area is 173 Å². The highest BCUT2D eigenvalue weighted by atomic mass is 32.1. The SMILES string of the molecule is C[C@@H]1CCCC[C@@H]1NC(=O)CN1C(=O)COc2ccc(C(=O)c3cccs3)cc21. The first-order valence-electron chi connectivity index (χ1n) is 9.97. The number of hydrogen-bond donors (Lipinski definition) is 1. The number of carbonyl (C=O) groups is 3. The fraction of sp³-hybridized carbons (Fsp3) is 0.409. The zero-order chi connectivity index (χ0) is 20.4. The number of ether oxygens (including phenoxy) is 1. The molecule has 1 aromatic carbocycles. The second-order valence-corrected chi connectivity index (χ2v) is 8.64. The van der Waals surface area contributed by atoms with E-state index in [1.54, 1.807) is 24.3 Å². The zero-order valence-electron chi connectivity index (χ0n) is 16.3. The minimum atomic E-state index is -0.287. The third-order valence-corrected chi connectivity index (χ3v) is 6.54. The Kier molecular flexibility index (Phi) is 5.67. The summed E-state index contributed by atoms with van der Waals surface area (Å²) >= 11 is 1.37. The fourth-order valence-electron chi connectivity index (χ4n) is 3.99. The Hall–Kier alpha value is -2.67. The molecule has 7 heteroatoms. The number of nitrogens with zero attached hydrogens (tertiary/aromatic N) is 1. The molecule has 1 aromatic heterocycles. The number of ketones is 1. The molecule has 2 atom stereocenters. The minimum absolute atomic E-state index is 0.0743. The van der Waals surface area contributed by atoms with Crippen LogP contribution < -0.4 is 15.0 Å². The summed E-state index contributed by atoms with van der Waals surface area (Å²) in [5.74, 6) is 0.368. The Bertz CT molecular complexity index is 925. The predicted molar refractivity (Wildman–Crippen MR) is 112 cm³/mol. The molecule has 0 saturated heterocycles. The lowest BCUT2D eigenvalue weighted by molar-refractivity contribution is -0.126. The lowest BCUT2D eigenvalue weighted by atomic mass is 9.86. The fourth-order valence-corrected chi connectivity index (χ4v) is 4.68.